The van der Waals surface area contributed by atoms with Crippen LogP contribution < -0.4 is 21.3 Å². The number of nitrogens with one attached hydrogen (secondary N) is 1. The Balaban J connectivity index is 1.97. The number of anilines is 2. The molecule has 0 bridgehead atoms. The Morgan fingerprint density at radius 3 is 2.39 bits per heavy atom. The van der Waals surface area contributed by atoms with Gasteiger partial charge in [-0.2, -0.15) is 13.2 Å². The number of hydrogen-bond donors (Lipinski definition) is 1. The summed E-state index contributed by atoms with van der Waals surface area (Å²) in [6.07, 6.45) is -2.39. The van der Waals surface area contributed by atoms with Crippen LogP contribution in [0, 0.1) is 13.8 Å². The van der Waals surface area contributed by atoms with E-state index >= 15 is 0 Å². The van der Waals surface area contributed by atoms with Gasteiger partial charge >= 0.3 is 17.8 Å². The molecule has 166 valence electrons. The Morgan fingerprint density at radius 1 is 1.13 bits per heavy atom. The highest BCUT2D eigenvalue weighted by Gasteiger charge is 2.31. The molecule has 1 aliphatic rings. The highest BCUT2D eigenvalue weighted by molar-refractivity contribution is 5.86. The van der Waals surface area contributed by atoms with Crippen LogP contribution in [0.15, 0.2) is 16.9 Å². The number of H-pyrrole nitrogens is 1. The van der Waals surface area contributed by atoms with Crippen LogP contribution in [0.5, 0.6) is 0 Å². The first-order chi connectivity index (χ1) is 14.6. The summed E-state index contributed by atoms with van der Waals surface area (Å²) in [5, 5.41) is 4.29. The summed E-state index contributed by atoms with van der Waals surface area (Å²) in [6, 6.07) is 3.75. The average molecular weight is 436 g/mol. The Morgan fingerprint density at radius 2 is 1.77 bits per heavy atom. The summed E-state index contributed by atoms with van der Waals surface area (Å²) in [6.45, 7) is 4.77. The van der Waals surface area contributed by atoms with E-state index in [1.54, 1.807) is 0 Å². The molecule has 0 aliphatic carbocycles. The van der Waals surface area contributed by atoms with Crippen molar-refractivity contribution in [3.63, 3.8) is 0 Å². The number of hydrogen-bond acceptors (Lipinski definition) is 5. The van der Waals surface area contributed by atoms with Crippen LogP contribution >= 0.6 is 0 Å². The minimum Gasteiger partial charge on any atom is -0.309 e. The third-order valence-corrected chi connectivity index (χ3v) is 5.44. The Hall–Kier alpha value is -3.11. The zero-order chi connectivity index (χ0) is 22.3. The largest absolute Gasteiger partial charge is 0.396 e. The van der Waals surface area contributed by atoms with Gasteiger partial charge in [-0.15, -0.1) is 9.50 Å². The van der Waals surface area contributed by atoms with Crippen molar-refractivity contribution < 1.29 is 18.2 Å². The first-order valence-corrected chi connectivity index (χ1v) is 10.3. The number of nitrogens with two attached hydrogens (primary N) is 1. The minimum absolute atomic E-state index is 0.0325. The van der Waals surface area contributed by atoms with Gasteiger partial charge in [0.15, 0.2) is 0 Å². The van der Waals surface area contributed by atoms with Crippen molar-refractivity contribution >= 4 is 17.4 Å². The molecule has 31 heavy (non-hydrogen) atoms. The van der Waals surface area contributed by atoms with Crippen LogP contribution in [0.2, 0.25) is 0 Å². The first-order valence-electron chi connectivity index (χ1n) is 10.3. The average Bonchev–Trinajstić information content (AvgIpc) is 3.02. The number of piperidine rings is 1. The molecule has 1 fully saturated rings. The summed E-state index contributed by atoms with van der Waals surface area (Å²) in [7, 11) is 0. The smallest absolute Gasteiger partial charge is 0.309 e. The predicted molar refractivity (Wildman–Crippen MR) is 110 cm³/mol. The van der Waals surface area contributed by atoms with E-state index in [1.807, 2.05) is 26.0 Å². The van der Waals surface area contributed by atoms with Crippen LogP contribution in [-0.2, 0) is 6.54 Å². The molecule has 3 N–H and O–H groups in total. The zero-order valence-electron chi connectivity index (χ0n) is 17.5. The lowest BCUT2D eigenvalue weighted by molar-refractivity contribution is -0.350. The zero-order valence-corrected chi connectivity index (χ0v) is 17.5. The van der Waals surface area contributed by atoms with E-state index in [9.17, 15) is 18.0 Å². The number of aromatic nitrogens is 5. The van der Waals surface area contributed by atoms with Gasteiger partial charge in [0.25, 0.3) is 0 Å². The molecule has 1 aliphatic heterocycles. The maximum atomic E-state index is 12.8. The number of pyridine rings is 1. The molecule has 0 spiro atoms. The third kappa shape index (κ3) is 4.21. The van der Waals surface area contributed by atoms with Gasteiger partial charge in [-0.05, 0) is 50.8 Å². The van der Waals surface area contributed by atoms with Gasteiger partial charge in [0.05, 0.1) is 26.1 Å². The van der Waals surface area contributed by atoms with E-state index in [0.717, 1.165) is 58.4 Å². The van der Waals surface area contributed by atoms with E-state index in [1.165, 1.54) is 0 Å². The fourth-order valence-electron chi connectivity index (χ4n) is 4.11. The normalized spacial score (nSPS) is 15.1. The van der Waals surface area contributed by atoms with Crippen LogP contribution in [0.25, 0.3) is 16.8 Å². The first kappa shape index (κ1) is 21.1. The van der Waals surface area contributed by atoms with Gasteiger partial charge in [0.2, 0.25) is 11.5 Å². The van der Waals surface area contributed by atoms with Crippen LogP contribution in [0.4, 0.5) is 24.9 Å². The summed E-state index contributed by atoms with van der Waals surface area (Å²) < 4.78 is 40.2. The van der Waals surface area contributed by atoms with E-state index in [4.69, 9.17) is 5.73 Å². The van der Waals surface area contributed by atoms with E-state index < -0.39 is 24.8 Å². The molecule has 3 aromatic heterocycles. The molecule has 1 saturated heterocycles. The van der Waals surface area contributed by atoms with Gasteiger partial charge in [-0.25, -0.2) is 14.5 Å². The lowest BCUT2D eigenvalue weighted by Gasteiger charge is -2.26. The minimum atomic E-state index is -4.39. The van der Waals surface area contributed by atoms with Gasteiger partial charge in [-0.3, -0.25) is 4.98 Å². The monoisotopic (exact) mass is 436 g/mol. The quantitative estimate of drug-likeness (QED) is 0.678. The lowest BCUT2D eigenvalue weighted by Crippen LogP contribution is -2.37. The molecule has 3 aromatic rings. The van der Waals surface area contributed by atoms with Crippen molar-refractivity contribution in [2.45, 2.75) is 52.3 Å². The number of nitrogen functional groups attached to an aromatic ring is 1. The number of aryl methyl sites for hydroxylation is 3. The molecule has 8 nitrogen and oxygen atoms in total. The summed E-state index contributed by atoms with van der Waals surface area (Å²) >= 11 is 0. The van der Waals surface area contributed by atoms with E-state index in [0.29, 0.717) is 11.4 Å². The molecule has 0 aromatic carbocycles. The third-order valence-electron chi connectivity index (χ3n) is 5.44. The Bertz CT molecular complexity index is 1160. The lowest BCUT2D eigenvalue weighted by atomic mass is 10.0. The number of halogens is 3. The molecular weight excluding hydrogens is 411 g/mol. The fraction of sp³-hybridized carbons (Fsp3) is 0.500. The van der Waals surface area contributed by atoms with E-state index in [2.05, 4.69) is 20.0 Å². The van der Waals surface area contributed by atoms with Gasteiger partial charge in [0, 0.05) is 11.4 Å². The van der Waals surface area contributed by atoms with Crippen LogP contribution in [0.1, 0.15) is 37.1 Å². The summed E-state index contributed by atoms with van der Waals surface area (Å²) in [5.74, 6) is 0.743. The van der Waals surface area contributed by atoms with Crippen LogP contribution in [0.3, 0.4) is 0 Å². The topological polar surface area (TPSA) is 95.6 Å². The maximum absolute atomic E-state index is 12.8. The molecule has 0 amide bonds. The number of rotatable bonds is 4. The van der Waals surface area contributed by atoms with Crippen molar-refractivity contribution in [3.8, 4) is 11.1 Å². The Kier molecular flexibility index (Phi) is 5.36. The van der Waals surface area contributed by atoms with Crippen molar-refractivity contribution in [1.82, 2.24) is 19.2 Å². The summed E-state index contributed by atoms with van der Waals surface area (Å²) in [4.78, 5) is 22.5. The number of alkyl halides is 3. The van der Waals surface area contributed by atoms with Crippen molar-refractivity contribution in [3.05, 3.63) is 34.0 Å². The standard InChI is InChI=1S/C20H24F3N7O/c1-12-10-14(11-13(2)25-12)15-16(28-7-4-3-5-8-28)26-18(24)30-17(15)27-29(19(30)31)9-6-20(21,22)23/h10-11H,3-9H2,1-2H3,(H2,24,26)/p+1. The number of nitrogens with zero attached hydrogens (tertiary/aromatic N) is 5. The molecule has 0 unspecified atom stereocenters. The number of fused-ring (bicyclic) bond motifs is 1. The van der Waals surface area contributed by atoms with Crippen LogP contribution in [-0.4, -0.2) is 38.4 Å². The van der Waals surface area contributed by atoms with Gasteiger partial charge in [0.1, 0.15) is 5.56 Å². The highest BCUT2D eigenvalue weighted by Crippen LogP contribution is 2.33. The SMILES string of the molecule is Cc1cc(-c2c(N3CCCCC3)[nH+]c(N)n3c(=O)n(CCC(F)(F)F)nc23)cc(C)n1. The molecule has 4 rings (SSSR count). The maximum Gasteiger partial charge on any atom is 0.396 e. The second-order valence-electron chi connectivity index (χ2n) is 7.95. The van der Waals surface area contributed by atoms with E-state index in [-0.39, 0.29) is 11.6 Å². The van der Waals surface area contributed by atoms with Crippen molar-refractivity contribution in [1.29, 1.82) is 0 Å². The van der Waals surface area contributed by atoms with Gasteiger partial charge < -0.3 is 10.6 Å². The molecule has 0 saturated carbocycles. The van der Waals surface area contributed by atoms with Crippen molar-refractivity contribution in [2.75, 3.05) is 23.7 Å². The predicted octanol–water partition coefficient (Wildman–Crippen LogP) is 2.51. The summed E-state index contributed by atoms with van der Waals surface area (Å²) in [5.41, 5.74) is 8.66. The molecule has 0 radical (unpaired) electrons. The second kappa shape index (κ2) is 7.86. The van der Waals surface area contributed by atoms with Crippen molar-refractivity contribution in [2.24, 2.45) is 0 Å². The number of aromatic amines is 1. The molecule has 11 heteroatoms. The Labute approximate surface area is 176 Å². The molecule has 4 heterocycles. The second-order valence-corrected chi connectivity index (χ2v) is 7.95. The molecular formula is C20H25F3N7O+. The fourth-order valence-corrected chi connectivity index (χ4v) is 4.11. The highest BCUT2D eigenvalue weighted by atomic mass is 19.4. The van der Waals surface area contributed by atoms with Gasteiger partial charge in [-0.1, -0.05) is 0 Å². The molecule has 0 atom stereocenters.